The van der Waals surface area contributed by atoms with Crippen LogP contribution < -0.4 is 4.90 Å². The van der Waals surface area contributed by atoms with E-state index in [9.17, 15) is 9.90 Å². The van der Waals surface area contributed by atoms with Crippen molar-refractivity contribution in [2.75, 3.05) is 50.8 Å². The van der Waals surface area contributed by atoms with Gasteiger partial charge in [-0.15, -0.1) is 0 Å². The third-order valence-corrected chi connectivity index (χ3v) is 6.40. The number of aliphatic hydroxyl groups excluding tert-OH is 1. The molecule has 1 rings (SSSR count). The minimum Gasteiger partial charge on any atom is -0.460 e. The van der Waals surface area contributed by atoms with Crippen molar-refractivity contribution in [2.45, 2.75) is 19.4 Å². The van der Waals surface area contributed by atoms with Gasteiger partial charge in [-0.1, -0.05) is 24.8 Å². The molecule has 0 aliphatic rings. The second-order valence-electron chi connectivity index (χ2n) is 6.13. The van der Waals surface area contributed by atoms with Crippen LogP contribution in [-0.4, -0.2) is 63.1 Å². The van der Waals surface area contributed by atoms with Crippen LogP contribution in [0.25, 0.3) is 0 Å². The van der Waals surface area contributed by atoms with Gasteiger partial charge in [0.05, 0.1) is 14.2 Å². The van der Waals surface area contributed by atoms with Crippen LogP contribution in [0.5, 0.6) is 0 Å². The molecule has 7 heteroatoms. The molecule has 1 aromatic rings. The van der Waals surface area contributed by atoms with Crippen molar-refractivity contribution in [3.8, 4) is 0 Å². The van der Waals surface area contributed by atoms with Crippen LogP contribution in [0.3, 0.4) is 0 Å². The van der Waals surface area contributed by atoms with Crippen molar-refractivity contribution in [1.82, 2.24) is 0 Å². The van der Waals surface area contributed by atoms with Gasteiger partial charge in [-0.05, 0) is 25.5 Å². The highest BCUT2D eigenvalue weighted by atomic mass is 32.3. The van der Waals surface area contributed by atoms with Gasteiger partial charge in [0.1, 0.15) is 12.7 Å². The monoisotopic (exact) mass is 385 g/mol. The molecule has 0 saturated heterocycles. The van der Waals surface area contributed by atoms with Crippen LogP contribution in [0, 0.1) is 0 Å². The summed E-state index contributed by atoms with van der Waals surface area (Å²) < 4.78 is 16.0. The van der Waals surface area contributed by atoms with Crippen LogP contribution >= 0.6 is 10.6 Å². The van der Waals surface area contributed by atoms with Crippen LogP contribution in [-0.2, 0) is 17.9 Å². The van der Waals surface area contributed by atoms with E-state index in [4.69, 9.17) is 13.1 Å². The smallest absolute Gasteiger partial charge is 0.333 e. The van der Waals surface area contributed by atoms with Gasteiger partial charge < -0.3 is 14.7 Å². The van der Waals surface area contributed by atoms with Gasteiger partial charge in [-0.3, -0.25) is 8.37 Å². The van der Waals surface area contributed by atoms with Crippen LogP contribution in [0.1, 0.15) is 13.3 Å². The molecule has 148 valence electrons. The average Bonchev–Trinajstić information content (AvgIpc) is 2.65. The Morgan fingerprint density at radius 3 is 2.42 bits per heavy atom. The molecule has 0 aliphatic carbocycles. The first-order chi connectivity index (χ1) is 12.3. The minimum atomic E-state index is -1.52. The number of hydrogen-bond acceptors (Lipinski definition) is 6. The number of nitrogens with zero attached hydrogens (tertiary/aromatic N) is 1. The normalized spacial score (nSPS) is 13.1. The summed E-state index contributed by atoms with van der Waals surface area (Å²) in [5, 5.41) is 10.3. The topological polar surface area (TPSA) is 68.2 Å². The Kier molecular flexibility index (Phi) is 9.72. The molecule has 0 aromatic heterocycles. The van der Waals surface area contributed by atoms with Gasteiger partial charge in [-0.2, -0.15) is 10.6 Å². The third kappa shape index (κ3) is 7.78. The van der Waals surface area contributed by atoms with Crippen molar-refractivity contribution < 1.29 is 23.0 Å². The number of ether oxygens (including phenoxy) is 1. The first kappa shape index (κ1) is 22.5. The van der Waals surface area contributed by atoms with Gasteiger partial charge in [0.25, 0.3) is 0 Å². The number of esters is 1. The summed E-state index contributed by atoms with van der Waals surface area (Å²) in [7, 11) is 1.80. The SMILES string of the molecule is C=C(C)C(=O)OCC(O)CN(CCCS(C)(OC)OC)c1ccccc1. The van der Waals surface area contributed by atoms with E-state index in [1.54, 1.807) is 21.1 Å². The zero-order chi connectivity index (χ0) is 19.6. The molecule has 0 fully saturated rings. The Morgan fingerprint density at radius 1 is 1.27 bits per heavy atom. The lowest BCUT2D eigenvalue weighted by Gasteiger charge is -2.37. The van der Waals surface area contributed by atoms with Gasteiger partial charge >= 0.3 is 5.97 Å². The molecule has 0 amide bonds. The predicted molar refractivity (Wildman–Crippen MR) is 107 cm³/mol. The highest BCUT2D eigenvalue weighted by Gasteiger charge is 2.17. The second-order valence-corrected chi connectivity index (χ2v) is 9.06. The molecule has 0 heterocycles. The second kappa shape index (κ2) is 11.2. The molecular formula is C19H31NO5S. The molecule has 0 saturated carbocycles. The van der Waals surface area contributed by atoms with Crippen LogP contribution in [0.4, 0.5) is 5.69 Å². The molecule has 1 N–H and O–H groups in total. The summed E-state index contributed by atoms with van der Waals surface area (Å²) in [6.45, 7) is 6.14. The van der Waals surface area contributed by atoms with E-state index in [-0.39, 0.29) is 6.61 Å². The number of anilines is 1. The lowest BCUT2D eigenvalue weighted by Crippen LogP contribution is -2.36. The van der Waals surface area contributed by atoms with Crippen LogP contribution in [0.15, 0.2) is 42.5 Å². The molecule has 1 aromatic carbocycles. The maximum Gasteiger partial charge on any atom is 0.333 e. The van der Waals surface area contributed by atoms with Gasteiger partial charge in [0.2, 0.25) is 0 Å². The first-order valence-electron chi connectivity index (χ1n) is 8.49. The standard InChI is InChI=1S/C19H31NO5S/c1-16(2)19(22)25-15-18(21)14-20(17-10-7-6-8-11-17)12-9-13-26(5,23-3)24-4/h6-8,10-11,18,21H,1,9,12-15H2,2-5H3. The highest BCUT2D eigenvalue weighted by Crippen LogP contribution is 2.45. The summed E-state index contributed by atoms with van der Waals surface area (Å²) >= 11 is 0. The van der Waals surface area contributed by atoms with Crippen molar-refractivity contribution >= 4 is 22.2 Å². The number of carbonyl (C=O) groups excluding carboxylic acids is 1. The number of hydrogen-bond donors (Lipinski definition) is 1. The largest absolute Gasteiger partial charge is 0.460 e. The molecule has 6 nitrogen and oxygen atoms in total. The number of benzene rings is 1. The summed E-state index contributed by atoms with van der Waals surface area (Å²) in [6.07, 6.45) is 2.04. The molecule has 0 spiro atoms. The summed E-state index contributed by atoms with van der Waals surface area (Å²) in [5.41, 5.74) is 1.32. The van der Waals surface area contributed by atoms with E-state index in [1.165, 1.54) is 0 Å². The van der Waals surface area contributed by atoms with Crippen molar-refractivity contribution in [3.63, 3.8) is 0 Å². The fourth-order valence-corrected chi connectivity index (χ4v) is 3.44. The molecular weight excluding hydrogens is 354 g/mol. The van der Waals surface area contributed by atoms with E-state index in [1.807, 2.05) is 36.6 Å². The zero-order valence-corrected chi connectivity index (χ0v) is 17.0. The fraction of sp³-hybridized carbons (Fsp3) is 0.526. The highest BCUT2D eigenvalue weighted by molar-refractivity contribution is 8.25. The quantitative estimate of drug-likeness (QED) is 0.441. The molecule has 0 radical (unpaired) electrons. The Bertz CT molecular complexity index is 562. The Hall–Kier alpha value is -1.54. The maximum absolute atomic E-state index is 11.5. The molecule has 1 atom stereocenters. The first-order valence-corrected chi connectivity index (χ1v) is 10.5. The van der Waals surface area contributed by atoms with Gasteiger partial charge in [0.15, 0.2) is 0 Å². The lowest BCUT2D eigenvalue weighted by atomic mass is 10.2. The Morgan fingerprint density at radius 2 is 1.88 bits per heavy atom. The fourth-order valence-electron chi connectivity index (χ4n) is 2.32. The molecule has 0 bridgehead atoms. The summed E-state index contributed by atoms with van der Waals surface area (Å²) in [4.78, 5) is 13.6. The Balaban J connectivity index is 2.65. The molecule has 26 heavy (non-hydrogen) atoms. The van der Waals surface area contributed by atoms with E-state index in [2.05, 4.69) is 11.5 Å². The number of aliphatic hydroxyl groups is 1. The predicted octanol–water partition coefficient (Wildman–Crippen LogP) is 2.92. The van der Waals surface area contributed by atoms with E-state index < -0.39 is 22.7 Å². The zero-order valence-electron chi connectivity index (χ0n) is 16.1. The van der Waals surface area contributed by atoms with Gasteiger partial charge in [-0.25, -0.2) is 4.79 Å². The van der Waals surface area contributed by atoms with E-state index in [0.29, 0.717) is 12.1 Å². The maximum atomic E-state index is 11.5. The minimum absolute atomic E-state index is 0.0614. The molecule has 1 unspecified atom stereocenters. The summed E-state index contributed by atoms with van der Waals surface area (Å²) in [6, 6.07) is 9.84. The average molecular weight is 386 g/mol. The summed E-state index contributed by atoms with van der Waals surface area (Å²) in [5.74, 6) is 0.305. The van der Waals surface area contributed by atoms with E-state index in [0.717, 1.165) is 24.4 Å². The van der Waals surface area contributed by atoms with Crippen molar-refractivity contribution in [2.24, 2.45) is 0 Å². The number of rotatable bonds is 12. The third-order valence-electron chi connectivity index (χ3n) is 3.96. The van der Waals surface area contributed by atoms with E-state index >= 15 is 0 Å². The van der Waals surface area contributed by atoms with Crippen molar-refractivity contribution in [3.05, 3.63) is 42.5 Å². The lowest BCUT2D eigenvalue weighted by molar-refractivity contribution is -0.141. The van der Waals surface area contributed by atoms with Crippen LogP contribution in [0.2, 0.25) is 0 Å². The number of para-hydroxylation sites is 1. The van der Waals surface area contributed by atoms with Gasteiger partial charge in [0, 0.05) is 36.4 Å². The van der Waals surface area contributed by atoms with Crippen molar-refractivity contribution in [1.29, 1.82) is 0 Å². The number of carbonyl (C=O) groups is 1. The molecule has 0 aliphatic heterocycles. The Labute approximate surface area is 158 Å².